The van der Waals surface area contributed by atoms with Gasteiger partial charge in [-0.15, -0.1) is 0 Å². The first-order valence-corrected chi connectivity index (χ1v) is 5.86. The molecule has 5 heteroatoms. The SMILES string of the molecule is CCCCC(=O)NN=Cc1ccc(OC)c(O)c1. The van der Waals surface area contributed by atoms with Gasteiger partial charge in [0.05, 0.1) is 13.3 Å². The topological polar surface area (TPSA) is 70.9 Å². The number of methoxy groups -OCH3 is 1. The van der Waals surface area contributed by atoms with Gasteiger partial charge in [0.1, 0.15) is 0 Å². The Hall–Kier alpha value is -2.04. The molecule has 98 valence electrons. The van der Waals surface area contributed by atoms with Gasteiger partial charge >= 0.3 is 0 Å². The molecule has 1 aromatic rings. The van der Waals surface area contributed by atoms with Crippen LogP contribution in [0.4, 0.5) is 0 Å². The van der Waals surface area contributed by atoms with Crippen molar-refractivity contribution in [3.63, 3.8) is 0 Å². The van der Waals surface area contributed by atoms with Crippen LogP contribution in [0.25, 0.3) is 0 Å². The lowest BCUT2D eigenvalue weighted by atomic mass is 10.2. The fraction of sp³-hybridized carbons (Fsp3) is 0.385. The van der Waals surface area contributed by atoms with Gasteiger partial charge in [0.15, 0.2) is 11.5 Å². The number of phenolic OH excluding ortho intramolecular Hbond substituents is 1. The molecule has 0 aromatic heterocycles. The number of nitrogens with zero attached hydrogens (tertiary/aromatic N) is 1. The Morgan fingerprint density at radius 1 is 1.56 bits per heavy atom. The quantitative estimate of drug-likeness (QED) is 0.599. The van der Waals surface area contributed by atoms with Gasteiger partial charge in [0.2, 0.25) is 5.91 Å². The molecule has 1 aromatic carbocycles. The van der Waals surface area contributed by atoms with Crippen molar-refractivity contribution in [3.05, 3.63) is 23.8 Å². The van der Waals surface area contributed by atoms with E-state index >= 15 is 0 Å². The van der Waals surface area contributed by atoms with Crippen LogP contribution in [0.2, 0.25) is 0 Å². The van der Waals surface area contributed by atoms with E-state index in [0.717, 1.165) is 12.8 Å². The minimum atomic E-state index is -0.106. The molecule has 0 saturated heterocycles. The maximum absolute atomic E-state index is 11.3. The average molecular weight is 250 g/mol. The molecule has 0 saturated carbocycles. The fourth-order valence-corrected chi connectivity index (χ4v) is 1.36. The van der Waals surface area contributed by atoms with E-state index in [1.54, 1.807) is 12.1 Å². The number of unbranched alkanes of at least 4 members (excludes halogenated alkanes) is 1. The van der Waals surface area contributed by atoms with Gasteiger partial charge < -0.3 is 9.84 Å². The van der Waals surface area contributed by atoms with E-state index in [2.05, 4.69) is 10.5 Å². The number of carbonyl (C=O) groups excluding carboxylic acids is 1. The van der Waals surface area contributed by atoms with Crippen LogP contribution in [0, 0.1) is 0 Å². The molecule has 0 heterocycles. The predicted molar refractivity (Wildman–Crippen MR) is 69.9 cm³/mol. The van der Waals surface area contributed by atoms with Crippen molar-refractivity contribution in [1.29, 1.82) is 0 Å². The van der Waals surface area contributed by atoms with E-state index < -0.39 is 0 Å². The summed E-state index contributed by atoms with van der Waals surface area (Å²) in [6, 6.07) is 4.89. The van der Waals surface area contributed by atoms with Gasteiger partial charge in [-0.05, 0) is 30.2 Å². The number of hydrogen-bond acceptors (Lipinski definition) is 4. The molecule has 1 rings (SSSR count). The smallest absolute Gasteiger partial charge is 0.240 e. The molecular weight excluding hydrogens is 232 g/mol. The van der Waals surface area contributed by atoms with E-state index in [1.807, 2.05) is 6.92 Å². The van der Waals surface area contributed by atoms with E-state index in [1.165, 1.54) is 19.4 Å². The van der Waals surface area contributed by atoms with Crippen LogP contribution in [0.5, 0.6) is 11.5 Å². The van der Waals surface area contributed by atoms with Crippen molar-refractivity contribution in [3.8, 4) is 11.5 Å². The Labute approximate surface area is 106 Å². The van der Waals surface area contributed by atoms with Gasteiger partial charge in [0, 0.05) is 6.42 Å². The number of carbonyl (C=O) groups is 1. The Kier molecular flexibility index (Phi) is 5.70. The van der Waals surface area contributed by atoms with Crippen LogP contribution in [-0.4, -0.2) is 24.3 Å². The van der Waals surface area contributed by atoms with Crippen LogP contribution in [0.1, 0.15) is 31.7 Å². The molecule has 0 aliphatic rings. The Morgan fingerprint density at radius 3 is 2.94 bits per heavy atom. The number of nitrogens with one attached hydrogen (secondary N) is 1. The molecule has 0 fully saturated rings. The van der Waals surface area contributed by atoms with Gasteiger partial charge in [-0.3, -0.25) is 4.79 Å². The van der Waals surface area contributed by atoms with Gasteiger partial charge in [-0.1, -0.05) is 13.3 Å². The second-order valence-corrected chi connectivity index (χ2v) is 3.83. The number of rotatable bonds is 6. The van der Waals surface area contributed by atoms with Crippen molar-refractivity contribution in [2.75, 3.05) is 7.11 Å². The summed E-state index contributed by atoms with van der Waals surface area (Å²) in [5, 5.41) is 13.4. The highest BCUT2D eigenvalue weighted by molar-refractivity contribution is 5.83. The molecule has 0 unspecified atom stereocenters. The molecular formula is C13H18N2O3. The summed E-state index contributed by atoms with van der Waals surface area (Å²) in [6.07, 6.45) is 3.78. The summed E-state index contributed by atoms with van der Waals surface area (Å²) in [5.41, 5.74) is 3.12. The number of benzene rings is 1. The van der Waals surface area contributed by atoms with Gasteiger partial charge in [0.25, 0.3) is 0 Å². The largest absolute Gasteiger partial charge is 0.504 e. The third-order valence-electron chi connectivity index (χ3n) is 2.36. The van der Waals surface area contributed by atoms with Crippen molar-refractivity contribution < 1.29 is 14.6 Å². The minimum absolute atomic E-state index is 0.0405. The van der Waals surface area contributed by atoms with Crippen LogP contribution in [-0.2, 0) is 4.79 Å². The second kappa shape index (κ2) is 7.32. The van der Waals surface area contributed by atoms with E-state index in [9.17, 15) is 9.90 Å². The number of aromatic hydroxyl groups is 1. The van der Waals surface area contributed by atoms with Crippen LogP contribution in [0.3, 0.4) is 0 Å². The lowest BCUT2D eigenvalue weighted by molar-refractivity contribution is -0.121. The molecule has 0 atom stereocenters. The Morgan fingerprint density at radius 2 is 2.33 bits per heavy atom. The predicted octanol–water partition coefficient (Wildman–Crippen LogP) is 2.04. The zero-order valence-electron chi connectivity index (χ0n) is 10.6. The maximum Gasteiger partial charge on any atom is 0.240 e. The first kappa shape index (κ1) is 14.0. The van der Waals surface area contributed by atoms with Crippen molar-refractivity contribution in [2.24, 2.45) is 5.10 Å². The minimum Gasteiger partial charge on any atom is -0.504 e. The summed E-state index contributed by atoms with van der Waals surface area (Å²) in [4.78, 5) is 11.3. The standard InChI is InChI=1S/C13H18N2O3/c1-3-4-5-13(17)15-14-9-10-6-7-12(18-2)11(16)8-10/h6-9,16H,3-5H2,1-2H3,(H,15,17). The number of ether oxygens (including phenoxy) is 1. The molecule has 18 heavy (non-hydrogen) atoms. The fourth-order valence-electron chi connectivity index (χ4n) is 1.36. The average Bonchev–Trinajstić information content (AvgIpc) is 2.36. The van der Waals surface area contributed by atoms with Crippen LogP contribution >= 0.6 is 0 Å². The summed E-state index contributed by atoms with van der Waals surface area (Å²) < 4.78 is 4.92. The number of phenols is 1. The third-order valence-corrected chi connectivity index (χ3v) is 2.36. The van der Waals surface area contributed by atoms with E-state index in [4.69, 9.17) is 4.74 Å². The number of hydrazone groups is 1. The van der Waals surface area contributed by atoms with Crippen LogP contribution < -0.4 is 10.2 Å². The summed E-state index contributed by atoms with van der Waals surface area (Å²) >= 11 is 0. The zero-order valence-corrected chi connectivity index (χ0v) is 10.6. The molecule has 5 nitrogen and oxygen atoms in total. The normalized spacial score (nSPS) is 10.6. The van der Waals surface area contributed by atoms with Crippen molar-refractivity contribution >= 4 is 12.1 Å². The van der Waals surface area contributed by atoms with Gasteiger partial charge in [-0.25, -0.2) is 5.43 Å². The highest BCUT2D eigenvalue weighted by Gasteiger charge is 2.01. The maximum atomic E-state index is 11.3. The lowest BCUT2D eigenvalue weighted by Crippen LogP contribution is -2.16. The van der Waals surface area contributed by atoms with Crippen LogP contribution in [0.15, 0.2) is 23.3 Å². The third kappa shape index (κ3) is 4.45. The highest BCUT2D eigenvalue weighted by atomic mass is 16.5. The second-order valence-electron chi connectivity index (χ2n) is 3.83. The Balaban J connectivity index is 2.52. The molecule has 0 spiro atoms. The first-order valence-electron chi connectivity index (χ1n) is 5.86. The van der Waals surface area contributed by atoms with Crippen molar-refractivity contribution in [2.45, 2.75) is 26.2 Å². The monoisotopic (exact) mass is 250 g/mol. The molecule has 0 aliphatic heterocycles. The molecule has 0 aliphatic carbocycles. The Bertz CT molecular complexity index is 430. The number of hydrogen-bond donors (Lipinski definition) is 2. The van der Waals surface area contributed by atoms with E-state index in [0.29, 0.717) is 17.7 Å². The van der Waals surface area contributed by atoms with Crippen molar-refractivity contribution in [1.82, 2.24) is 5.43 Å². The summed E-state index contributed by atoms with van der Waals surface area (Å²) in [6.45, 7) is 2.02. The molecule has 0 bridgehead atoms. The van der Waals surface area contributed by atoms with Gasteiger partial charge in [-0.2, -0.15) is 5.10 Å². The lowest BCUT2D eigenvalue weighted by Gasteiger charge is -2.03. The summed E-state index contributed by atoms with van der Waals surface area (Å²) in [7, 11) is 1.48. The highest BCUT2D eigenvalue weighted by Crippen LogP contribution is 2.25. The zero-order chi connectivity index (χ0) is 13.4. The molecule has 2 N–H and O–H groups in total. The van der Waals surface area contributed by atoms with E-state index in [-0.39, 0.29) is 11.7 Å². The first-order chi connectivity index (χ1) is 8.67. The molecule has 1 amide bonds. The number of amides is 1. The molecule has 0 radical (unpaired) electrons. The summed E-state index contributed by atoms with van der Waals surface area (Å²) in [5.74, 6) is 0.337.